The van der Waals surface area contributed by atoms with Crippen LogP contribution in [0.25, 0.3) is 0 Å². The number of esters is 1. The van der Waals surface area contributed by atoms with Crippen molar-refractivity contribution in [3.05, 3.63) is 96.6 Å². The third-order valence-electron chi connectivity index (χ3n) is 5.42. The molecule has 0 saturated heterocycles. The van der Waals surface area contributed by atoms with Crippen LogP contribution in [0.4, 0.5) is 0 Å². The number of carbonyl (C=O) groups is 1. The molecule has 3 aromatic carbocycles. The van der Waals surface area contributed by atoms with Crippen molar-refractivity contribution in [2.75, 3.05) is 13.3 Å². The number of rotatable bonds is 9. The van der Waals surface area contributed by atoms with Crippen molar-refractivity contribution < 1.29 is 14.1 Å². The van der Waals surface area contributed by atoms with E-state index in [1.165, 1.54) is 7.11 Å². The van der Waals surface area contributed by atoms with Crippen molar-refractivity contribution in [1.29, 1.82) is 0 Å². The fourth-order valence-corrected chi connectivity index (χ4v) is 6.62. The Labute approximate surface area is 190 Å². The summed E-state index contributed by atoms with van der Waals surface area (Å²) < 4.78 is 19.3. The maximum absolute atomic E-state index is 14.3. The van der Waals surface area contributed by atoms with E-state index in [2.05, 4.69) is 0 Å². The number of benzene rings is 3. The fraction of sp³-hybridized carbons (Fsp3) is 0.240. The molecule has 0 radical (unpaired) electrons. The first kappa shape index (κ1) is 24.9. The molecule has 0 spiro atoms. The molecule has 4 nitrogen and oxygen atoms in total. The SMILES string of the molecule is COC(=O)C(CCc1ccccc1)C(N)CP(=O)(c1ccccc1)c1ccccc1.Cl. The lowest BCUT2D eigenvalue weighted by Gasteiger charge is -2.27. The predicted octanol–water partition coefficient (Wildman–Crippen LogP) is 4.17. The van der Waals surface area contributed by atoms with E-state index in [0.29, 0.717) is 12.8 Å². The molecule has 3 aromatic rings. The predicted molar refractivity (Wildman–Crippen MR) is 130 cm³/mol. The van der Waals surface area contributed by atoms with Gasteiger partial charge in [0, 0.05) is 22.8 Å². The number of hydrogen-bond acceptors (Lipinski definition) is 4. The minimum Gasteiger partial charge on any atom is -0.469 e. The third-order valence-corrected chi connectivity index (χ3v) is 8.62. The highest BCUT2D eigenvalue weighted by molar-refractivity contribution is 7.78. The van der Waals surface area contributed by atoms with Crippen molar-refractivity contribution in [1.82, 2.24) is 0 Å². The normalized spacial score (nSPS) is 13.0. The second-order valence-corrected chi connectivity index (χ2v) is 10.3. The topological polar surface area (TPSA) is 69.4 Å². The van der Waals surface area contributed by atoms with E-state index in [0.717, 1.165) is 16.2 Å². The van der Waals surface area contributed by atoms with Crippen LogP contribution in [0.3, 0.4) is 0 Å². The second-order valence-electron chi connectivity index (χ2n) is 7.41. The van der Waals surface area contributed by atoms with Gasteiger partial charge < -0.3 is 15.0 Å². The zero-order valence-corrected chi connectivity index (χ0v) is 19.3. The molecule has 0 saturated carbocycles. The first-order chi connectivity index (χ1) is 14.5. The molecule has 2 atom stereocenters. The van der Waals surface area contributed by atoms with Gasteiger partial charge in [0.05, 0.1) is 13.0 Å². The molecule has 0 amide bonds. The van der Waals surface area contributed by atoms with E-state index in [4.69, 9.17) is 10.5 Å². The van der Waals surface area contributed by atoms with Gasteiger partial charge in [-0.1, -0.05) is 91.0 Å². The molecule has 164 valence electrons. The van der Waals surface area contributed by atoms with Crippen LogP contribution in [0.2, 0.25) is 0 Å². The van der Waals surface area contributed by atoms with Gasteiger partial charge in [0.15, 0.2) is 0 Å². The smallest absolute Gasteiger partial charge is 0.310 e. The van der Waals surface area contributed by atoms with E-state index < -0.39 is 19.1 Å². The summed E-state index contributed by atoms with van der Waals surface area (Å²) in [6.45, 7) is 0. The van der Waals surface area contributed by atoms with Gasteiger partial charge in [-0.2, -0.15) is 0 Å². The summed E-state index contributed by atoms with van der Waals surface area (Å²) in [6, 6.07) is 28.2. The lowest BCUT2D eigenvalue weighted by molar-refractivity contribution is -0.146. The maximum atomic E-state index is 14.3. The zero-order chi connectivity index (χ0) is 21.4. The Kier molecular flexibility index (Phi) is 9.51. The van der Waals surface area contributed by atoms with Gasteiger partial charge >= 0.3 is 5.97 Å². The molecular formula is C25H29ClNO3P. The van der Waals surface area contributed by atoms with Crippen LogP contribution in [0.15, 0.2) is 91.0 Å². The van der Waals surface area contributed by atoms with Crippen molar-refractivity contribution in [2.24, 2.45) is 11.7 Å². The number of methoxy groups -OCH3 is 1. The average Bonchev–Trinajstić information content (AvgIpc) is 2.80. The Hall–Kier alpha value is -2.39. The van der Waals surface area contributed by atoms with Gasteiger partial charge in [-0.05, 0) is 18.4 Å². The molecule has 0 bridgehead atoms. The van der Waals surface area contributed by atoms with Crippen LogP contribution in [0, 0.1) is 5.92 Å². The Balaban J connectivity index is 0.00000341. The van der Waals surface area contributed by atoms with Crippen LogP contribution < -0.4 is 16.3 Å². The van der Waals surface area contributed by atoms with Crippen molar-refractivity contribution in [3.63, 3.8) is 0 Å². The number of nitrogens with two attached hydrogens (primary N) is 1. The molecule has 0 fully saturated rings. The molecular weight excluding hydrogens is 429 g/mol. The summed E-state index contributed by atoms with van der Waals surface area (Å²) >= 11 is 0. The first-order valence-corrected chi connectivity index (χ1v) is 12.0. The maximum Gasteiger partial charge on any atom is 0.310 e. The Morgan fingerprint density at radius 1 is 0.871 bits per heavy atom. The molecule has 0 aromatic heterocycles. The molecule has 31 heavy (non-hydrogen) atoms. The number of aryl methyl sites for hydroxylation is 1. The first-order valence-electron chi connectivity index (χ1n) is 10.1. The van der Waals surface area contributed by atoms with Crippen LogP contribution >= 0.6 is 19.5 Å². The number of carbonyl (C=O) groups excluding carboxylic acids is 1. The highest BCUT2D eigenvalue weighted by Gasteiger charge is 2.35. The monoisotopic (exact) mass is 457 g/mol. The average molecular weight is 458 g/mol. The van der Waals surface area contributed by atoms with Gasteiger partial charge in [-0.3, -0.25) is 4.79 Å². The minimum atomic E-state index is -3.01. The minimum absolute atomic E-state index is 0. The van der Waals surface area contributed by atoms with Gasteiger partial charge in [-0.25, -0.2) is 0 Å². The van der Waals surface area contributed by atoms with E-state index in [9.17, 15) is 9.36 Å². The van der Waals surface area contributed by atoms with Gasteiger partial charge in [0.1, 0.15) is 7.14 Å². The lowest BCUT2D eigenvalue weighted by Crippen LogP contribution is -2.41. The van der Waals surface area contributed by atoms with E-state index >= 15 is 0 Å². The van der Waals surface area contributed by atoms with Crippen molar-refractivity contribution >= 4 is 36.1 Å². The number of halogens is 1. The summed E-state index contributed by atoms with van der Waals surface area (Å²) in [5.41, 5.74) is 7.68. The Morgan fingerprint density at radius 2 is 1.32 bits per heavy atom. The van der Waals surface area contributed by atoms with Crippen molar-refractivity contribution in [3.8, 4) is 0 Å². The molecule has 0 heterocycles. The van der Waals surface area contributed by atoms with Crippen LogP contribution in [-0.4, -0.2) is 25.3 Å². The zero-order valence-electron chi connectivity index (χ0n) is 17.6. The second kappa shape index (κ2) is 11.9. The summed E-state index contributed by atoms with van der Waals surface area (Å²) in [4.78, 5) is 12.5. The summed E-state index contributed by atoms with van der Waals surface area (Å²) in [6.07, 6.45) is 1.45. The third kappa shape index (κ3) is 6.30. The van der Waals surface area contributed by atoms with E-state index in [-0.39, 0.29) is 24.5 Å². The van der Waals surface area contributed by atoms with Gasteiger partial charge in [-0.15, -0.1) is 12.4 Å². The largest absolute Gasteiger partial charge is 0.469 e. The standard InChI is InChI=1S/C25H28NO3P.ClH/c1-29-25(27)23(18-17-20-11-5-2-6-12-20)24(26)19-30(28,21-13-7-3-8-14-21)22-15-9-4-10-16-22;/h2-16,23-24H,17-19,26H2,1H3;1H. The highest BCUT2D eigenvalue weighted by atomic mass is 35.5. The highest BCUT2D eigenvalue weighted by Crippen LogP contribution is 2.44. The molecule has 2 unspecified atom stereocenters. The number of ether oxygens (including phenoxy) is 1. The Bertz CT molecular complexity index is 940. The molecule has 0 aliphatic heterocycles. The van der Waals surface area contributed by atoms with E-state index in [1.54, 1.807) is 0 Å². The fourth-order valence-electron chi connectivity index (χ4n) is 3.75. The van der Waals surface area contributed by atoms with Gasteiger partial charge in [0.2, 0.25) is 0 Å². The van der Waals surface area contributed by atoms with Crippen LogP contribution in [-0.2, 0) is 20.5 Å². The number of hydrogen-bond donors (Lipinski definition) is 1. The molecule has 0 aliphatic carbocycles. The molecule has 3 rings (SSSR count). The quantitative estimate of drug-likeness (QED) is 0.386. The van der Waals surface area contributed by atoms with E-state index in [1.807, 2.05) is 91.0 Å². The lowest BCUT2D eigenvalue weighted by atomic mass is 9.94. The summed E-state index contributed by atoms with van der Waals surface area (Å²) in [5, 5.41) is 1.50. The van der Waals surface area contributed by atoms with Crippen LogP contribution in [0.5, 0.6) is 0 Å². The van der Waals surface area contributed by atoms with Crippen molar-refractivity contribution in [2.45, 2.75) is 18.9 Å². The summed E-state index contributed by atoms with van der Waals surface area (Å²) in [7, 11) is -1.64. The van der Waals surface area contributed by atoms with Gasteiger partial charge in [0.25, 0.3) is 0 Å². The molecule has 0 aliphatic rings. The van der Waals surface area contributed by atoms with Crippen LogP contribution in [0.1, 0.15) is 12.0 Å². The molecule has 6 heteroatoms. The Morgan fingerprint density at radius 3 is 1.77 bits per heavy atom. The summed E-state index contributed by atoms with van der Waals surface area (Å²) in [5.74, 6) is -0.887. The molecule has 2 N–H and O–H groups in total.